The van der Waals surface area contributed by atoms with Crippen molar-refractivity contribution in [2.75, 3.05) is 6.54 Å². The van der Waals surface area contributed by atoms with Crippen molar-refractivity contribution in [3.63, 3.8) is 0 Å². The van der Waals surface area contributed by atoms with E-state index < -0.39 is 5.97 Å². The van der Waals surface area contributed by atoms with Gasteiger partial charge in [-0.2, -0.15) is 0 Å². The molecule has 2 rings (SSSR count). The summed E-state index contributed by atoms with van der Waals surface area (Å²) in [6, 6.07) is 1.35. The minimum Gasteiger partial charge on any atom is -0.481 e. The number of carboxylic acid groups (broad SMARTS) is 1. The van der Waals surface area contributed by atoms with Crippen LogP contribution in [0, 0.1) is 5.92 Å². The third-order valence-electron chi connectivity index (χ3n) is 4.09. The topological polar surface area (TPSA) is 40.5 Å². The van der Waals surface area contributed by atoms with E-state index in [1.807, 2.05) is 0 Å². The molecule has 0 spiro atoms. The Morgan fingerprint density at radius 2 is 1.94 bits per heavy atom. The number of carboxylic acids is 1. The quantitative estimate of drug-likeness (QED) is 0.781. The lowest BCUT2D eigenvalue weighted by Crippen LogP contribution is -2.43. The number of carbonyl (C=O) groups is 1. The molecule has 1 N–H and O–H groups in total. The van der Waals surface area contributed by atoms with Crippen LogP contribution in [-0.4, -0.2) is 34.6 Å². The van der Waals surface area contributed by atoms with Crippen molar-refractivity contribution in [1.82, 2.24) is 4.90 Å². The summed E-state index contributed by atoms with van der Waals surface area (Å²) in [6.45, 7) is 3.09. The second-order valence-electron chi connectivity index (χ2n) is 5.44. The fourth-order valence-electron chi connectivity index (χ4n) is 3.04. The molecule has 0 amide bonds. The van der Waals surface area contributed by atoms with Crippen molar-refractivity contribution in [3.05, 3.63) is 0 Å². The van der Waals surface area contributed by atoms with Gasteiger partial charge in [0.25, 0.3) is 0 Å². The maximum atomic E-state index is 10.7. The molecule has 0 radical (unpaired) electrons. The van der Waals surface area contributed by atoms with Crippen molar-refractivity contribution in [2.45, 2.75) is 64.0 Å². The second kappa shape index (κ2) is 5.17. The van der Waals surface area contributed by atoms with Gasteiger partial charge in [-0.3, -0.25) is 9.69 Å². The van der Waals surface area contributed by atoms with Crippen molar-refractivity contribution in [2.24, 2.45) is 5.92 Å². The van der Waals surface area contributed by atoms with Crippen LogP contribution < -0.4 is 0 Å². The Bertz CT molecular complexity index is 250. The van der Waals surface area contributed by atoms with Gasteiger partial charge in [0.2, 0.25) is 0 Å². The Labute approximate surface area is 97.8 Å². The molecule has 0 heterocycles. The fourth-order valence-corrected chi connectivity index (χ4v) is 3.04. The summed E-state index contributed by atoms with van der Waals surface area (Å²) < 4.78 is 0. The van der Waals surface area contributed by atoms with Crippen LogP contribution in [0.15, 0.2) is 0 Å². The summed E-state index contributed by atoms with van der Waals surface area (Å²) in [6.07, 6.45) is 8.14. The average Bonchev–Trinajstić information content (AvgIpc) is 3.04. The van der Waals surface area contributed by atoms with Crippen molar-refractivity contribution in [1.29, 1.82) is 0 Å². The first-order valence-electron chi connectivity index (χ1n) is 6.66. The SMILES string of the molecule is CC1CCCCC1N(CCC(=O)O)C1CC1. The molecular formula is C13H23NO2. The van der Waals surface area contributed by atoms with E-state index in [9.17, 15) is 4.79 Å². The Balaban J connectivity index is 1.91. The molecule has 0 aromatic rings. The van der Waals surface area contributed by atoms with Crippen molar-refractivity contribution >= 4 is 5.97 Å². The molecule has 2 atom stereocenters. The Kier molecular flexibility index (Phi) is 3.85. The lowest BCUT2D eigenvalue weighted by Gasteiger charge is -2.38. The van der Waals surface area contributed by atoms with Crippen LogP contribution in [0.3, 0.4) is 0 Å². The van der Waals surface area contributed by atoms with Crippen LogP contribution in [0.25, 0.3) is 0 Å². The summed E-state index contributed by atoms with van der Waals surface area (Å²) in [7, 11) is 0. The normalized spacial score (nSPS) is 30.6. The van der Waals surface area contributed by atoms with Crippen LogP contribution in [-0.2, 0) is 4.79 Å². The predicted molar refractivity (Wildman–Crippen MR) is 63.4 cm³/mol. The van der Waals surface area contributed by atoms with Gasteiger partial charge < -0.3 is 5.11 Å². The monoisotopic (exact) mass is 225 g/mol. The van der Waals surface area contributed by atoms with Gasteiger partial charge in [0, 0.05) is 18.6 Å². The van der Waals surface area contributed by atoms with E-state index in [1.54, 1.807) is 0 Å². The molecule has 2 aliphatic rings. The molecule has 2 saturated carbocycles. The zero-order valence-electron chi connectivity index (χ0n) is 10.2. The molecule has 0 bridgehead atoms. The lowest BCUT2D eigenvalue weighted by atomic mass is 9.84. The zero-order valence-corrected chi connectivity index (χ0v) is 10.2. The molecule has 2 aliphatic carbocycles. The van der Waals surface area contributed by atoms with Crippen LogP contribution in [0.2, 0.25) is 0 Å². The van der Waals surface area contributed by atoms with E-state index in [2.05, 4.69) is 11.8 Å². The molecule has 0 aliphatic heterocycles. The van der Waals surface area contributed by atoms with Gasteiger partial charge in [0.15, 0.2) is 0 Å². The first-order valence-corrected chi connectivity index (χ1v) is 6.66. The summed E-state index contributed by atoms with van der Waals surface area (Å²) >= 11 is 0. The number of nitrogens with zero attached hydrogens (tertiary/aromatic N) is 1. The predicted octanol–water partition coefficient (Wildman–Crippen LogP) is 2.50. The molecule has 0 aromatic carbocycles. The van der Waals surface area contributed by atoms with E-state index in [4.69, 9.17) is 5.11 Å². The molecule has 92 valence electrons. The molecule has 16 heavy (non-hydrogen) atoms. The van der Waals surface area contributed by atoms with Crippen LogP contribution >= 0.6 is 0 Å². The first kappa shape index (κ1) is 11.9. The fraction of sp³-hybridized carbons (Fsp3) is 0.923. The second-order valence-corrected chi connectivity index (χ2v) is 5.44. The largest absolute Gasteiger partial charge is 0.481 e. The van der Waals surface area contributed by atoms with E-state index >= 15 is 0 Å². The minimum atomic E-state index is -0.658. The van der Waals surface area contributed by atoms with Gasteiger partial charge in [-0.1, -0.05) is 19.8 Å². The average molecular weight is 225 g/mol. The van der Waals surface area contributed by atoms with E-state index in [1.165, 1.54) is 38.5 Å². The highest BCUT2D eigenvalue weighted by Gasteiger charge is 2.36. The number of rotatable bonds is 5. The van der Waals surface area contributed by atoms with Crippen molar-refractivity contribution in [3.8, 4) is 0 Å². The van der Waals surface area contributed by atoms with Crippen LogP contribution in [0.5, 0.6) is 0 Å². The molecule has 0 aromatic heterocycles. The van der Waals surface area contributed by atoms with Gasteiger partial charge in [0.1, 0.15) is 0 Å². The summed E-state index contributed by atoms with van der Waals surface area (Å²) in [5.41, 5.74) is 0. The molecule has 2 unspecified atom stereocenters. The Morgan fingerprint density at radius 1 is 1.25 bits per heavy atom. The Morgan fingerprint density at radius 3 is 2.50 bits per heavy atom. The number of hydrogen-bond acceptors (Lipinski definition) is 2. The van der Waals surface area contributed by atoms with Crippen LogP contribution in [0.4, 0.5) is 0 Å². The summed E-state index contributed by atoms with van der Waals surface area (Å²) in [4.78, 5) is 13.2. The number of hydrogen-bond donors (Lipinski definition) is 1. The van der Waals surface area contributed by atoms with E-state index in [0.29, 0.717) is 18.5 Å². The van der Waals surface area contributed by atoms with Gasteiger partial charge in [0.05, 0.1) is 6.42 Å². The highest BCUT2D eigenvalue weighted by molar-refractivity contribution is 5.66. The molecule has 3 nitrogen and oxygen atoms in total. The van der Waals surface area contributed by atoms with Gasteiger partial charge in [-0.15, -0.1) is 0 Å². The lowest BCUT2D eigenvalue weighted by molar-refractivity contribution is -0.137. The molecule has 2 fully saturated rings. The summed E-state index contributed by atoms with van der Waals surface area (Å²) in [5.74, 6) is 0.0947. The van der Waals surface area contributed by atoms with Gasteiger partial charge in [-0.25, -0.2) is 0 Å². The summed E-state index contributed by atoms with van der Waals surface area (Å²) in [5, 5.41) is 8.80. The molecule has 3 heteroatoms. The minimum absolute atomic E-state index is 0.305. The maximum Gasteiger partial charge on any atom is 0.304 e. The highest BCUT2D eigenvalue weighted by Crippen LogP contribution is 2.36. The zero-order chi connectivity index (χ0) is 11.5. The highest BCUT2D eigenvalue weighted by atomic mass is 16.4. The first-order chi connectivity index (χ1) is 7.68. The van der Waals surface area contributed by atoms with Gasteiger partial charge in [-0.05, 0) is 31.6 Å². The third-order valence-corrected chi connectivity index (χ3v) is 4.09. The third kappa shape index (κ3) is 2.97. The van der Waals surface area contributed by atoms with Crippen LogP contribution in [0.1, 0.15) is 51.9 Å². The standard InChI is InChI=1S/C13H23NO2/c1-10-4-2-3-5-12(10)14(11-6-7-11)9-8-13(15)16/h10-12H,2-9H2,1H3,(H,15,16). The van der Waals surface area contributed by atoms with E-state index in [-0.39, 0.29) is 0 Å². The van der Waals surface area contributed by atoms with Crippen molar-refractivity contribution < 1.29 is 9.90 Å². The number of aliphatic carboxylic acids is 1. The van der Waals surface area contributed by atoms with Gasteiger partial charge >= 0.3 is 5.97 Å². The Hall–Kier alpha value is -0.570. The smallest absolute Gasteiger partial charge is 0.304 e. The molecular weight excluding hydrogens is 202 g/mol. The maximum absolute atomic E-state index is 10.7. The molecule has 0 saturated heterocycles. The van der Waals surface area contributed by atoms with E-state index in [0.717, 1.165) is 12.5 Å².